The van der Waals surface area contributed by atoms with Crippen molar-refractivity contribution in [1.29, 1.82) is 0 Å². The Morgan fingerprint density at radius 2 is 0.975 bits per heavy atom. The van der Waals surface area contributed by atoms with Gasteiger partial charge in [0.15, 0.2) is 37.9 Å². The van der Waals surface area contributed by atoms with Gasteiger partial charge in [0.2, 0.25) is 0 Å². The standard InChI is InChI=1S/C26H30N2O2S8.2HI/c1-31-21-23-33-17-15-29-13-11-27-7-3-19(4-8-27)20-5-9-28(10-6-20)12-14-30-16-18-34-24-22(32-2)36-26(38-24)25(35-21)37-23;;/h3-10H,11-18H2,1-2H3;2*1H/q+2;;/p-2/b26-25-;;. The second-order valence-corrected chi connectivity index (χ2v) is 17.6. The molecule has 218 valence electrons. The zero-order valence-electron chi connectivity index (χ0n) is 22.0. The summed E-state index contributed by atoms with van der Waals surface area (Å²) in [6, 6.07) is 8.72. The number of hydrogen-bond donors (Lipinski definition) is 0. The van der Waals surface area contributed by atoms with Crippen molar-refractivity contribution in [2.45, 2.75) is 13.1 Å². The maximum atomic E-state index is 5.99. The van der Waals surface area contributed by atoms with Gasteiger partial charge in [0.25, 0.3) is 0 Å². The predicted molar refractivity (Wildman–Crippen MR) is 177 cm³/mol. The van der Waals surface area contributed by atoms with Crippen molar-refractivity contribution in [2.24, 2.45) is 0 Å². The number of ether oxygens (including phenoxy) is 2. The van der Waals surface area contributed by atoms with Gasteiger partial charge in [-0.15, -0.1) is 47.0 Å². The van der Waals surface area contributed by atoms with Gasteiger partial charge in [-0.25, -0.2) is 9.13 Å². The van der Waals surface area contributed by atoms with Crippen molar-refractivity contribution in [1.82, 2.24) is 0 Å². The van der Waals surface area contributed by atoms with E-state index in [0.29, 0.717) is 0 Å². The van der Waals surface area contributed by atoms with Gasteiger partial charge < -0.3 is 57.4 Å². The number of aromatic nitrogens is 2. The number of thioether (sulfide) groups is 8. The molecule has 0 N–H and O–H groups in total. The van der Waals surface area contributed by atoms with E-state index >= 15 is 0 Å². The van der Waals surface area contributed by atoms with Crippen molar-refractivity contribution in [3.05, 3.63) is 74.5 Å². The highest BCUT2D eigenvalue weighted by molar-refractivity contribution is 8.45. The lowest BCUT2D eigenvalue weighted by molar-refractivity contribution is -0.698. The fourth-order valence-electron chi connectivity index (χ4n) is 3.67. The molecule has 7 heterocycles. The summed E-state index contributed by atoms with van der Waals surface area (Å²) in [7, 11) is 0. The minimum Gasteiger partial charge on any atom is -1.00 e. The maximum absolute atomic E-state index is 5.99. The third kappa shape index (κ3) is 10.4. The summed E-state index contributed by atoms with van der Waals surface area (Å²) in [6.07, 6.45) is 12.9. The van der Waals surface area contributed by atoms with Crippen LogP contribution in [-0.2, 0) is 22.6 Å². The largest absolute Gasteiger partial charge is 1.00 e. The molecule has 5 aliphatic heterocycles. The monoisotopic (exact) mass is 912 g/mol. The van der Waals surface area contributed by atoms with Crippen LogP contribution in [-0.4, -0.2) is 50.4 Å². The minimum absolute atomic E-state index is 0. The van der Waals surface area contributed by atoms with Gasteiger partial charge in [0.1, 0.15) is 13.2 Å². The van der Waals surface area contributed by atoms with Crippen LogP contribution in [0.25, 0.3) is 11.1 Å². The summed E-state index contributed by atoms with van der Waals surface area (Å²) in [6.45, 7) is 4.69. The van der Waals surface area contributed by atoms with Crippen LogP contribution in [0.2, 0.25) is 0 Å². The third-order valence-electron chi connectivity index (χ3n) is 5.64. The molecule has 0 spiro atoms. The Morgan fingerprint density at radius 1 is 0.575 bits per heavy atom. The fourth-order valence-corrected chi connectivity index (χ4v) is 14.7. The van der Waals surface area contributed by atoms with Gasteiger partial charge in [-0.05, 0) is 23.6 Å². The molecular formula is C26H30I2N2O2S8. The van der Waals surface area contributed by atoms with Crippen LogP contribution in [0.3, 0.4) is 0 Å². The van der Waals surface area contributed by atoms with Crippen LogP contribution in [0, 0.1) is 0 Å². The van der Waals surface area contributed by atoms with Crippen LogP contribution >= 0.6 is 94.1 Å². The SMILES string of the molecule is CSC1=C2SCCOCC[n+]3ccc(cc3)-c3cc[n+](cc3)CCOCCSC3=C(SC)S/C(=C(\S1)S2)S3.[I-].[I-]. The Balaban J connectivity index is 0.00000220. The molecule has 0 saturated heterocycles. The first-order chi connectivity index (χ1) is 18.7. The first kappa shape index (κ1) is 36.2. The van der Waals surface area contributed by atoms with Gasteiger partial charge in [0, 0.05) is 35.8 Å². The number of halogens is 2. The summed E-state index contributed by atoms with van der Waals surface area (Å²) in [4.78, 5) is 0. The second kappa shape index (κ2) is 19.3. The number of pyridine rings is 2. The van der Waals surface area contributed by atoms with E-state index in [1.165, 1.54) is 36.5 Å². The van der Waals surface area contributed by atoms with Crippen LogP contribution in [0.5, 0.6) is 0 Å². The highest BCUT2D eigenvalue weighted by Gasteiger charge is 2.30. The van der Waals surface area contributed by atoms with Crippen molar-refractivity contribution in [2.75, 3.05) is 50.4 Å². The molecule has 0 radical (unpaired) electrons. The highest BCUT2D eigenvalue weighted by Crippen LogP contribution is 2.65. The van der Waals surface area contributed by atoms with Gasteiger partial charge in [-0.1, -0.05) is 47.0 Å². The molecule has 0 aromatic carbocycles. The molecule has 7 rings (SSSR count). The van der Waals surface area contributed by atoms with Gasteiger partial charge in [0.05, 0.1) is 38.6 Å². The molecule has 0 fully saturated rings. The van der Waals surface area contributed by atoms with E-state index in [1.54, 1.807) is 0 Å². The Morgan fingerprint density at radius 3 is 1.35 bits per heavy atom. The van der Waals surface area contributed by atoms with Gasteiger partial charge in [-0.2, -0.15) is 0 Å². The maximum Gasteiger partial charge on any atom is 0.171 e. The van der Waals surface area contributed by atoms with E-state index in [-0.39, 0.29) is 48.0 Å². The smallest absolute Gasteiger partial charge is 0.171 e. The summed E-state index contributed by atoms with van der Waals surface area (Å²) >= 11 is 15.3. The molecule has 0 aliphatic carbocycles. The number of nitrogens with zero attached hydrogens (tertiary/aromatic N) is 2. The quantitative estimate of drug-likeness (QED) is 0.327. The first-order valence-corrected chi connectivity index (χ1v) is 19.8. The molecule has 14 heteroatoms. The topological polar surface area (TPSA) is 26.2 Å². The number of hydrogen-bond acceptors (Lipinski definition) is 10. The van der Waals surface area contributed by atoms with Gasteiger partial charge in [-0.3, -0.25) is 0 Å². The molecule has 0 saturated carbocycles. The van der Waals surface area contributed by atoms with Crippen LogP contribution < -0.4 is 57.1 Å². The predicted octanol–water partition coefficient (Wildman–Crippen LogP) is 1.52. The first-order valence-electron chi connectivity index (χ1n) is 12.2. The lowest BCUT2D eigenvalue weighted by atomic mass is 10.1. The number of rotatable bonds is 2. The van der Waals surface area contributed by atoms with Crippen LogP contribution in [0.15, 0.2) is 74.5 Å². The zero-order valence-corrected chi connectivity index (χ0v) is 32.9. The zero-order chi connectivity index (χ0) is 26.2. The fraction of sp³-hybridized carbons (Fsp3) is 0.385. The second-order valence-electron chi connectivity index (χ2n) is 8.11. The summed E-state index contributed by atoms with van der Waals surface area (Å²) in [5.41, 5.74) is 2.45. The molecule has 40 heavy (non-hydrogen) atoms. The summed E-state index contributed by atoms with van der Waals surface area (Å²) < 4.78 is 24.9. The summed E-state index contributed by atoms with van der Waals surface area (Å²) in [5, 5.41) is 0. The summed E-state index contributed by atoms with van der Waals surface area (Å²) in [5.74, 6) is 1.95. The molecule has 0 atom stereocenters. The van der Waals surface area contributed by atoms with E-state index in [9.17, 15) is 0 Å². The molecule has 2 aromatic rings. The van der Waals surface area contributed by atoms with Crippen LogP contribution in [0.1, 0.15) is 0 Å². The molecule has 0 unspecified atom stereocenters. The van der Waals surface area contributed by atoms with Crippen molar-refractivity contribution >= 4 is 94.1 Å². The van der Waals surface area contributed by atoms with Gasteiger partial charge >= 0.3 is 0 Å². The molecule has 5 aliphatic rings. The Bertz CT molecular complexity index is 1120. The molecule has 8 bridgehead atoms. The normalized spacial score (nSPS) is 20.9. The van der Waals surface area contributed by atoms with E-state index in [2.05, 4.69) is 70.7 Å². The average Bonchev–Trinajstić information content (AvgIpc) is 3.56. The lowest BCUT2D eigenvalue weighted by Gasteiger charge is -2.06. The lowest BCUT2D eigenvalue weighted by Crippen LogP contribution is -3.00. The molecule has 0 amide bonds. The van der Waals surface area contributed by atoms with E-state index < -0.39 is 0 Å². The van der Waals surface area contributed by atoms with E-state index in [4.69, 9.17) is 9.47 Å². The van der Waals surface area contributed by atoms with E-state index in [0.717, 1.165) is 51.0 Å². The average molecular weight is 913 g/mol. The van der Waals surface area contributed by atoms with Crippen molar-refractivity contribution < 1.29 is 66.6 Å². The van der Waals surface area contributed by atoms with Crippen LogP contribution in [0.4, 0.5) is 0 Å². The molecular weight excluding hydrogens is 883 g/mol. The Hall–Kier alpha value is 1.70. The molecule has 2 aromatic heterocycles. The van der Waals surface area contributed by atoms with E-state index in [1.807, 2.05) is 94.1 Å². The van der Waals surface area contributed by atoms with Crippen molar-refractivity contribution in [3.63, 3.8) is 0 Å². The minimum atomic E-state index is 0. The highest BCUT2D eigenvalue weighted by atomic mass is 127. The Kier molecular flexibility index (Phi) is 17.4. The third-order valence-corrected chi connectivity index (χ3v) is 16.8. The number of fused-ring (bicyclic) bond motifs is 2. The van der Waals surface area contributed by atoms with Crippen molar-refractivity contribution in [3.8, 4) is 11.1 Å². The molecule has 4 nitrogen and oxygen atoms in total. The Labute approximate surface area is 306 Å².